The van der Waals surface area contributed by atoms with Crippen LogP contribution in [0.25, 0.3) is 11.7 Å². The number of nitrogens with zero attached hydrogens (tertiary/aromatic N) is 4. The molecule has 8 heteroatoms. The Morgan fingerprint density at radius 1 is 1.08 bits per heavy atom. The fourth-order valence-electron chi connectivity index (χ4n) is 5.21. The summed E-state index contributed by atoms with van der Waals surface area (Å²) in [5.74, 6) is 1.49. The largest absolute Gasteiger partial charge is 0.355 e. The molecule has 0 saturated carbocycles. The molecule has 3 aromatic rings. The number of aromatic nitrogens is 2. The maximum absolute atomic E-state index is 13.8. The van der Waals surface area contributed by atoms with E-state index in [4.69, 9.17) is 17.2 Å². The lowest BCUT2D eigenvalue weighted by molar-refractivity contribution is -0.122. The molecule has 0 spiro atoms. The van der Waals surface area contributed by atoms with Gasteiger partial charge in [0.25, 0.3) is 11.5 Å². The summed E-state index contributed by atoms with van der Waals surface area (Å²) in [6.07, 6.45) is 5.32. The van der Waals surface area contributed by atoms with Crippen molar-refractivity contribution in [2.24, 2.45) is 11.8 Å². The second kappa shape index (κ2) is 10.2. The number of rotatable bonds is 5. The summed E-state index contributed by atoms with van der Waals surface area (Å²) in [5.41, 5.74) is 3.02. The number of hydrogen-bond donors (Lipinski definition) is 0. The fourth-order valence-corrected chi connectivity index (χ4v) is 6.50. The zero-order valence-electron chi connectivity index (χ0n) is 20.8. The van der Waals surface area contributed by atoms with Gasteiger partial charge < -0.3 is 4.90 Å². The van der Waals surface area contributed by atoms with E-state index in [1.54, 1.807) is 21.6 Å². The molecule has 36 heavy (non-hydrogen) atoms. The predicted octanol–water partition coefficient (Wildman–Crippen LogP) is 4.93. The lowest BCUT2D eigenvalue weighted by atomic mass is 9.91. The summed E-state index contributed by atoms with van der Waals surface area (Å²) in [7, 11) is 0. The first-order chi connectivity index (χ1) is 17.3. The minimum Gasteiger partial charge on any atom is -0.355 e. The standard InChI is InChI=1S/C28H30N4O2S2/c1-18-14-19(2)17-30(16-18)25-22(26(33)31-12-7-8-20(3)24(31)29-25)15-23-27(34)32(28(35)36-23)13-11-21-9-5-4-6-10-21/h4-10,12,15,18-19H,11,13-14,16-17H2,1-3H3/b23-15-. The van der Waals surface area contributed by atoms with Crippen molar-refractivity contribution in [3.63, 3.8) is 0 Å². The second-order valence-electron chi connectivity index (χ2n) is 9.96. The molecule has 2 aliphatic heterocycles. The molecule has 1 amide bonds. The number of hydrogen-bond acceptors (Lipinski definition) is 6. The number of thioether (sulfide) groups is 1. The van der Waals surface area contributed by atoms with Crippen molar-refractivity contribution in [2.75, 3.05) is 24.5 Å². The van der Waals surface area contributed by atoms with Gasteiger partial charge in [0.05, 0.1) is 10.5 Å². The second-order valence-corrected chi connectivity index (χ2v) is 11.6. The van der Waals surface area contributed by atoms with E-state index in [0.717, 1.165) is 37.1 Å². The first kappa shape index (κ1) is 24.7. The van der Waals surface area contributed by atoms with Gasteiger partial charge in [0.2, 0.25) is 0 Å². The van der Waals surface area contributed by atoms with Gasteiger partial charge in [0.1, 0.15) is 15.8 Å². The van der Waals surface area contributed by atoms with Gasteiger partial charge in [-0.3, -0.25) is 18.9 Å². The van der Waals surface area contributed by atoms with Crippen LogP contribution in [0.5, 0.6) is 0 Å². The minimum atomic E-state index is -0.167. The maximum Gasteiger partial charge on any atom is 0.267 e. The lowest BCUT2D eigenvalue weighted by Crippen LogP contribution is -2.40. The Labute approximate surface area is 221 Å². The van der Waals surface area contributed by atoms with E-state index < -0.39 is 0 Å². The molecule has 0 N–H and O–H groups in total. The Morgan fingerprint density at radius 2 is 1.81 bits per heavy atom. The van der Waals surface area contributed by atoms with Crippen molar-refractivity contribution in [1.29, 1.82) is 0 Å². The van der Waals surface area contributed by atoms with E-state index in [2.05, 4.69) is 18.7 Å². The molecule has 2 aromatic heterocycles. The molecule has 4 heterocycles. The lowest BCUT2D eigenvalue weighted by Gasteiger charge is -2.36. The maximum atomic E-state index is 13.8. The molecular formula is C28H30N4O2S2. The van der Waals surface area contributed by atoms with Gasteiger partial charge in [-0.05, 0) is 54.9 Å². The zero-order chi connectivity index (χ0) is 25.4. The van der Waals surface area contributed by atoms with Crippen LogP contribution in [0.3, 0.4) is 0 Å². The number of fused-ring (bicyclic) bond motifs is 1. The molecule has 0 aliphatic carbocycles. The highest BCUT2D eigenvalue weighted by Gasteiger charge is 2.33. The third-order valence-electron chi connectivity index (χ3n) is 6.85. The topological polar surface area (TPSA) is 57.9 Å². The van der Waals surface area contributed by atoms with Gasteiger partial charge in [-0.1, -0.05) is 74.2 Å². The summed E-state index contributed by atoms with van der Waals surface area (Å²) in [4.78, 5) is 36.4. The van der Waals surface area contributed by atoms with Crippen molar-refractivity contribution in [2.45, 2.75) is 33.6 Å². The van der Waals surface area contributed by atoms with Crippen molar-refractivity contribution >= 4 is 51.7 Å². The Morgan fingerprint density at radius 3 is 2.53 bits per heavy atom. The van der Waals surface area contributed by atoms with Crippen LogP contribution in [0.1, 0.15) is 37.0 Å². The molecule has 1 aromatic carbocycles. The van der Waals surface area contributed by atoms with Crippen molar-refractivity contribution < 1.29 is 4.79 Å². The van der Waals surface area contributed by atoms with E-state index in [1.807, 2.05) is 49.4 Å². The van der Waals surface area contributed by atoms with Gasteiger partial charge in [0, 0.05) is 25.8 Å². The molecule has 6 nitrogen and oxygen atoms in total. The van der Waals surface area contributed by atoms with Crippen LogP contribution in [0.4, 0.5) is 5.82 Å². The number of thiocarbonyl (C=S) groups is 1. The van der Waals surface area contributed by atoms with Gasteiger partial charge in [-0.15, -0.1) is 0 Å². The number of benzene rings is 1. The van der Waals surface area contributed by atoms with E-state index in [-0.39, 0.29) is 11.5 Å². The molecule has 0 radical (unpaired) electrons. The monoisotopic (exact) mass is 518 g/mol. The first-order valence-corrected chi connectivity index (χ1v) is 13.6. The number of amides is 1. The van der Waals surface area contributed by atoms with Crippen molar-refractivity contribution in [3.05, 3.63) is 80.6 Å². The minimum absolute atomic E-state index is 0.152. The van der Waals surface area contributed by atoms with Crippen molar-refractivity contribution in [3.8, 4) is 0 Å². The smallest absolute Gasteiger partial charge is 0.267 e. The third kappa shape index (κ3) is 4.84. The molecule has 0 bridgehead atoms. The molecule has 2 saturated heterocycles. The number of aryl methyl sites for hydroxylation is 1. The average Bonchev–Trinajstić information content (AvgIpc) is 3.11. The quantitative estimate of drug-likeness (QED) is 0.353. The molecule has 2 aliphatic rings. The first-order valence-electron chi connectivity index (χ1n) is 12.4. The highest BCUT2D eigenvalue weighted by molar-refractivity contribution is 8.26. The molecule has 186 valence electrons. The van der Waals surface area contributed by atoms with Gasteiger partial charge in [-0.2, -0.15) is 0 Å². The van der Waals surface area contributed by atoms with Crippen LogP contribution >= 0.6 is 24.0 Å². The van der Waals surface area contributed by atoms with Crippen LogP contribution < -0.4 is 10.5 Å². The number of carbonyl (C=O) groups excluding carboxylic acids is 1. The Kier molecular flexibility index (Phi) is 6.99. The highest BCUT2D eigenvalue weighted by Crippen LogP contribution is 2.34. The number of pyridine rings is 1. The van der Waals surface area contributed by atoms with Crippen LogP contribution in [-0.2, 0) is 11.2 Å². The summed E-state index contributed by atoms with van der Waals surface area (Å²) in [6.45, 7) is 8.60. The van der Waals surface area contributed by atoms with Gasteiger partial charge >= 0.3 is 0 Å². The highest BCUT2D eigenvalue weighted by atomic mass is 32.2. The van der Waals surface area contributed by atoms with Gasteiger partial charge in [0.15, 0.2) is 0 Å². The predicted molar refractivity (Wildman–Crippen MR) is 151 cm³/mol. The van der Waals surface area contributed by atoms with Crippen LogP contribution in [-0.4, -0.2) is 44.1 Å². The van der Waals surface area contributed by atoms with E-state index in [0.29, 0.717) is 44.6 Å². The summed E-state index contributed by atoms with van der Waals surface area (Å²) in [6, 6.07) is 13.9. The normalized spacial score (nSPS) is 21.7. The molecule has 2 atom stereocenters. The molecule has 5 rings (SSSR count). The summed E-state index contributed by atoms with van der Waals surface area (Å²) >= 11 is 6.82. The average molecular weight is 519 g/mol. The van der Waals surface area contributed by atoms with Crippen LogP contribution in [0.15, 0.2) is 58.4 Å². The fraction of sp³-hybridized carbons (Fsp3) is 0.357. The number of carbonyl (C=O) groups is 1. The van der Waals surface area contributed by atoms with Crippen LogP contribution in [0, 0.1) is 18.8 Å². The molecule has 2 unspecified atom stereocenters. The van der Waals surface area contributed by atoms with E-state index in [1.165, 1.54) is 11.8 Å². The summed E-state index contributed by atoms with van der Waals surface area (Å²) < 4.78 is 2.10. The van der Waals surface area contributed by atoms with Crippen molar-refractivity contribution in [1.82, 2.24) is 14.3 Å². The number of piperidine rings is 1. The van der Waals surface area contributed by atoms with Crippen LogP contribution in [0.2, 0.25) is 0 Å². The summed E-state index contributed by atoms with van der Waals surface area (Å²) in [5, 5.41) is 0. The SMILES string of the molecule is Cc1cccn2c(=O)c(/C=C3\SC(=S)N(CCc4ccccc4)C3=O)c(N3CC(C)CC(C)C3)nc12. The molecular weight excluding hydrogens is 488 g/mol. The van der Waals surface area contributed by atoms with E-state index >= 15 is 0 Å². The Balaban J connectivity index is 1.54. The Bertz CT molecular complexity index is 1410. The molecule has 2 fully saturated rings. The number of anilines is 1. The van der Waals surface area contributed by atoms with Gasteiger partial charge in [-0.25, -0.2) is 4.98 Å². The third-order valence-corrected chi connectivity index (χ3v) is 8.23. The zero-order valence-corrected chi connectivity index (χ0v) is 22.4. The van der Waals surface area contributed by atoms with E-state index in [9.17, 15) is 9.59 Å². The Hall–Kier alpha value is -2.97.